The van der Waals surface area contributed by atoms with Crippen LogP contribution in [0.5, 0.6) is 5.75 Å². The van der Waals surface area contributed by atoms with Crippen molar-refractivity contribution in [1.82, 2.24) is 0 Å². The Labute approximate surface area is 151 Å². The number of hydrogen-bond donors (Lipinski definition) is 0. The molecule has 0 aromatic heterocycles. The van der Waals surface area contributed by atoms with Gasteiger partial charge in [0.25, 0.3) is 0 Å². The third-order valence-electron chi connectivity index (χ3n) is 5.30. The molecule has 5 heteroatoms. The van der Waals surface area contributed by atoms with Crippen LogP contribution in [0.2, 0.25) is 0 Å². The summed E-state index contributed by atoms with van der Waals surface area (Å²) in [4.78, 5) is 0. The molecule has 140 valence electrons. The molecule has 0 unspecified atom stereocenters. The molecule has 0 aliphatic heterocycles. The van der Waals surface area contributed by atoms with Crippen molar-refractivity contribution in [2.75, 3.05) is 0 Å². The first-order valence-electron chi connectivity index (χ1n) is 9.01. The molecule has 1 fully saturated rings. The second-order valence-corrected chi connectivity index (χ2v) is 6.94. The van der Waals surface area contributed by atoms with Gasteiger partial charge in [0.15, 0.2) is 11.6 Å². The van der Waals surface area contributed by atoms with Gasteiger partial charge in [-0.05, 0) is 66.3 Å². The molecule has 0 bridgehead atoms. The molecule has 1 aliphatic carbocycles. The zero-order valence-corrected chi connectivity index (χ0v) is 14.7. The van der Waals surface area contributed by atoms with Crippen LogP contribution in [-0.2, 0) is 0 Å². The van der Waals surface area contributed by atoms with Crippen molar-refractivity contribution < 1.29 is 22.3 Å². The predicted molar refractivity (Wildman–Crippen MR) is 93.5 cm³/mol. The summed E-state index contributed by atoms with van der Waals surface area (Å²) in [6.45, 7) is 2.24. The van der Waals surface area contributed by atoms with Crippen molar-refractivity contribution >= 4 is 0 Å². The molecule has 1 nitrogen and oxygen atoms in total. The molecule has 1 aliphatic rings. The Balaban J connectivity index is 1.72. The first-order valence-corrected chi connectivity index (χ1v) is 9.01. The van der Waals surface area contributed by atoms with Gasteiger partial charge in [-0.15, -0.1) is 13.2 Å². The van der Waals surface area contributed by atoms with Crippen LogP contribution in [0.3, 0.4) is 0 Å². The van der Waals surface area contributed by atoms with Crippen molar-refractivity contribution in [2.24, 2.45) is 5.92 Å². The van der Waals surface area contributed by atoms with Crippen LogP contribution < -0.4 is 4.74 Å². The van der Waals surface area contributed by atoms with E-state index in [-0.39, 0.29) is 0 Å². The largest absolute Gasteiger partial charge is 0.573 e. The molecule has 3 rings (SSSR count). The topological polar surface area (TPSA) is 9.23 Å². The van der Waals surface area contributed by atoms with E-state index in [0.29, 0.717) is 11.5 Å². The van der Waals surface area contributed by atoms with E-state index in [1.807, 2.05) is 24.3 Å². The van der Waals surface area contributed by atoms with E-state index >= 15 is 0 Å². The third-order valence-corrected chi connectivity index (χ3v) is 5.30. The van der Waals surface area contributed by atoms with Crippen LogP contribution in [0.25, 0.3) is 11.1 Å². The third kappa shape index (κ3) is 4.57. The lowest BCUT2D eigenvalue weighted by Gasteiger charge is -2.28. The van der Waals surface area contributed by atoms with Gasteiger partial charge >= 0.3 is 6.36 Å². The molecule has 0 radical (unpaired) electrons. The summed E-state index contributed by atoms with van der Waals surface area (Å²) in [6, 6.07) is 11.4. The van der Waals surface area contributed by atoms with E-state index < -0.39 is 17.9 Å². The molecule has 1 saturated carbocycles. The van der Waals surface area contributed by atoms with E-state index in [4.69, 9.17) is 0 Å². The predicted octanol–water partition coefficient (Wildman–Crippen LogP) is 7.08. The molecule has 0 N–H and O–H groups in total. The summed E-state index contributed by atoms with van der Waals surface area (Å²) in [5.41, 5.74) is 2.58. The number of alkyl halides is 3. The van der Waals surface area contributed by atoms with Gasteiger partial charge < -0.3 is 4.74 Å². The number of halogens is 4. The summed E-state index contributed by atoms with van der Waals surface area (Å²) in [5.74, 6) is -0.440. The Morgan fingerprint density at radius 1 is 0.923 bits per heavy atom. The van der Waals surface area contributed by atoms with Crippen LogP contribution in [0, 0.1) is 11.7 Å². The highest BCUT2D eigenvalue weighted by atomic mass is 19.4. The lowest BCUT2D eigenvalue weighted by Crippen LogP contribution is -2.17. The number of hydrogen-bond acceptors (Lipinski definition) is 1. The molecular formula is C21H22F4O. The van der Waals surface area contributed by atoms with Crippen LogP contribution in [0.4, 0.5) is 17.6 Å². The Hall–Kier alpha value is -2.04. The lowest BCUT2D eigenvalue weighted by molar-refractivity contribution is -0.275. The highest BCUT2D eigenvalue weighted by Crippen LogP contribution is 2.37. The summed E-state index contributed by atoms with van der Waals surface area (Å²) < 4.78 is 54.2. The van der Waals surface area contributed by atoms with Crippen LogP contribution in [0.15, 0.2) is 42.5 Å². The maximum atomic E-state index is 13.9. The van der Waals surface area contributed by atoms with E-state index in [0.717, 1.165) is 23.6 Å². The minimum atomic E-state index is -4.90. The van der Waals surface area contributed by atoms with Gasteiger partial charge in [-0.1, -0.05) is 43.7 Å². The van der Waals surface area contributed by atoms with Crippen molar-refractivity contribution in [3.05, 3.63) is 53.8 Å². The highest BCUT2D eigenvalue weighted by Gasteiger charge is 2.32. The van der Waals surface area contributed by atoms with Gasteiger partial charge in [-0.25, -0.2) is 4.39 Å². The second kappa shape index (κ2) is 7.68. The van der Waals surface area contributed by atoms with E-state index in [9.17, 15) is 17.6 Å². The Morgan fingerprint density at radius 2 is 1.54 bits per heavy atom. The monoisotopic (exact) mass is 366 g/mol. The molecular weight excluding hydrogens is 344 g/mol. The van der Waals surface area contributed by atoms with E-state index in [2.05, 4.69) is 11.7 Å². The Kier molecular flexibility index (Phi) is 5.54. The van der Waals surface area contributed by atoms with Gasteiger partial charge in [-0.2, -0.15) is 0 Å². The zero-order valence-electron chi connectivity index (χ0n) is 14.7. The second-order valence-electron chi connectivity index (χ2n) is 6.94. The molecule has 0 atom stereocenters. The number of benzene rings is 2. The molecule has 2 aromatic rings. The molecule has 2 aromatic carbocycles. The van der Waals surface area contributed by atoms with Gasteiger partial charge in [0, 0.05) is 0 Å². The number of ether oxygens (including phenoxy) is 1. The van der Waals surface area contributed by atoms with Gasteiger partial charge in [-0.3, -0.25) is 0 Å². The van der Waals surface area contributed by atoms with Crippen molar-refractivity contribution in [3.8, 4) is 16.9 Å². The summed E-state index contributed by atoms with van der Waals surface area (Å²) >= 11 is 0. The molecule has 26 heavy (non-hydrogen) atoms. The molecule has 0 heterocycles. The Bertz CT molecular complexity index is 729. The molecule has 0 amide bonds. The molecule has 0 saturated heterocycles. The van der Waals surface area contributed by atoms with E-state index in [1.54, 1.807) is 0 Å². The van der Waals surface area contributed by atoms with Gasteiger partial charge in [0.05, 0.1) is 0 Å². The van der Waals surface area contributed by atoms with Crippen molar-refractivity contribution in [2.45, 2.75) is 51.3 Å². The number of rotatable bonds is 4. The quantitative estimate of drug-likeness (QED) is 0.526. The molecule has 0 spiro atoms. The minimum absolute atomic E-state index is 0.526. The summed E-state index contributed by atoms with van der Waals surface area (Å²) in [7, 11) is 0. The van der Waals surface area contributed by atoms with Gasteiger partial charge in [0.1, 0.15) is 0 Å². The first-order chi connectivity index (χ1) is 12.4. The maximum Gasteiger partial charge on any atom is 0.573 e. The average Bonchev–Trinajstić information content (AvgIpc) is 2.63. The average molecular weight is 366 g/mol. The Morgan fingerprint density at radius 3 is 2.08 bits per heavy atom. The van der Waals surface area contributed by atoms with Crippen LogP contribution in [0.1, 0.15) is 50.5 Å². The smallest absolute Gasteiger partial charge is 0.403 e. The van der Waals surface area contributed by atoms with Crippen molar-refractivity contribution in [3.63, 3.8) is 0 Å². The summed E-state index contributed by atoms with van der Waals surface area (Å²) in [6.07, 6.45) is 1.24. The maximum absolute atomic E-state index is 13.9. The fraction of sp³-hybridized carbons (Fsp3) is 0.429. The normalized spacial score (nSPS) is 20.8. The van der Waals surface area contributed by atoms with Crippen LogP contribution >= 0.6 is 0 Å². The lowest BCUT2D eigenvalue weighted by atomic mass is 9.77. The first kappa shape index (κ1) is 18.7. The van der Waals surface area contributed by atoms with Gasteiger partial charge in [0.2, 0.25) is 0 Å². The highest BCUT2D eigenvalue weighted by molar-refractivity contribution is 5.64. The summed E-state index contributed by atoms with van der Waals surface area (Å²) in [5, 5.41) is 0. The van der Waals surface area contributed by atoms with Crippen molar-refractivity contribution in [1.29, 1.82) is 0 Å². The SMILES string of the molecule is CC[C@H]1CC[C@H](c2ccc(-c3ccc(OC(F)(F)F)c(F)c3)cc2)CC1. The fourth-order valence-corrected chi connectivity index (χ4v) is 3.74. The standard InChI is InChI=1S/C21H22F4O/c1-2-14-3-5-15(6-4-14)16-7-9-17(10-8-16)18-11-12-20(19(22)13-18)26-21(23,24)25/h7-15H,2-6H2,1H3/t14-,15-. The zero-order chi connectivity index (χ0) is 18.7. The van der Waals surface area contributed by atoms with E-state index in [1.165, 1.54) is 43.7 Å². The van der Waals surface area contributed by atoms with Crippen LogP contribution in [-0.4, -0.2) is 6.36 Å². The minimum Gasteiger partial charge on any atom is -0.403 e. The fourth-order valence-electron chi connectivity index (χ4n) is 3.74.